The molecule has 0 saturated heterocycles. The Morgan fingerprint density at radius 2 is 2.00 bits per heavy atom. The Morgan fingerprint density at radius 3 is 2.47 bits per heavy atom. The van der Waals surface area contributed by atoms with E-state index in [0.29, 0.717) is 10.0 Å². The van der Waals surface area contributed by atoms with E-state index in [1.165, 1.54) is 20.3 Å². The Bertz CT molecular complexity index is 455. The van der Waals surface area contributed by atoms with Crippen molar-refractivity contribution in [3.8, 4) is 5.75 Å². The molecule has 17 heavy (non-hydrogen) atoms. The van der Waals surface area contributed by atoms with Gasteiger partial charge in [-0.1, -0.05) is 15.9 Å². The molecule has 1 rings (SSSR count). The highest BCUT2D eigenvalue weighted by Gasteiger charge is 2.23. The third-order valence-electron chi connectivity index (χ3n) is 2.09. The Hall–Kier alpha value is -1.40. The summed E-state index contributed by atoms with van der Waals surface area (Å²) >= 11 is 3.25. The number of carbonyl (C=O) groups excluding carboxylic acids is 1. The van der Waals surface area contributed by atoms with Crippen molar-refractivity contribution in [2.45, 2.75) is 6.61 Å². The van der Waals surface area contributed by atoms with Gasteiger partial charge in [-0.15, -0.1) is 0 Å². The number of ketones is 1. The molecule has 0 heterocycles. The van der Waals surface area contributed by atoms with E-state index >= 15 is 0 Å². The molecule has 0 aliphatic carbocycles. The number of methoxy groups -OCH3 is 2. The minimum atomic E-state index is -1.53. The first-order valence-electron chi connectivity index (χ1n) is 4.64. The molecule has 0 atom stereocenters. The van der Waals surface area contributed by atoms with Crippen LogP contribution in [0.3, 0.4) is 0 Å². The summed E-state index contributed by atoms with van der Waals surface area (Å²) in [6.07, 6.45) is 0. The summed E-state index contributed by atoms with van der Waals surface area (Å²) in [5.41, 5.74) is 0.483. The number of ether oxygens (including phenoxy) is 2. The Labute approximate surface area is 106 Å². The van der Waals surface area contributed by atoms with Gasteiger partial charge in [-0.2, -0.15) is 0 Å². The van der Waals surface area contributed by atoms with Gasteiger partial charge in [-0.05, 0) is 17.7 Å². The molecule has 0 aromatic heterocycles. The van der Waals surface area contributed by atoms with E-state index in [2.05, 4.69) is 15.9 Å². The maximum absolute atomic E-state index is 11.6. The van der Waals surface area contributed by atoms with Crippen LogP contribution in [0.4, 0.5) is 0 Å². The minimum absolute atomic E-state index is 0.0186. The van der Waals surface area contributed by atoms with E-state index in [4.69, 9.17) is 14.6 Å². The van der Waals surface area contributed by atoms with Crippen LogP contribution < -0.4 is 4.74 Å². The average Bonchev–Trinajstić information content (AvgIpc) is 2.27. The second kappa shape index (κ2) is 5.79. The molecule has 1 aromatic carbocycles. The first-order valence-corrected chi connectivity index (χ1v) is 5.43. The van der Waals surface area contributed by atoms with Crippen molar-refractivity contribution in [1.82, 2.24) is 0 Å². The lowest BCUT2D eigenvalue weighted by atomic mass is 10.0. The zero-order chi connectivity index (χ0) is 13.0. The Balaban J connectivity index is 3.41. The van der Waals surface area contributed by atoms with Crippen LogP contribution in [0.5, 0.6) is 5.75 Å². The molecule has 1 N–H and O–H groups in total. The summed E-state index contributed by atoms with van der Waals surface area (Å²) in [5.74, 6) is -2.33. The van der Waals surface area contributed by atoms with Crippen LogP contribution in [0, 0.1) is 0 Å². The molecular formula is C11H11BrO5. The van der Waals surface area contributed by atoms with E-state index in [0.717, 1.165) is 0 Å². The van der Waals surface area contributed by atoms with Gasteiger partial charge in [0, 0.05) is 11.6 Å². The van der Waals surface area contributed by atoms with E-state index in [1.54, 1.807) is 6.07 Å². The molecule has 6 heteroatoms. The standard InChI is InChI=1S/C11H11BrO5/c1-16-5-6-3-7(12)4-8(17-2)9(6)10(13)11(14)15/h3-4H,5H2,1-2H3,(H,14,15). The van der Waals surface area contributed by atoms with E-state index in [9.17, 15) is 9.59 Å². The van der Waals surface area contributed by atoms with Crippen molar-refractivity contribution in [3.05, 3.63) is 27.7 Å². The first kappa shape index (κ1) is 13.7. The highest BCUT2D eigenvalue weighted by Crippen LogP contribution is 2.28. The van der Waals surface area contributed by atoms with E-state index < -0.39 is 11.8 Å². The van der Waals surface area contributed by atoms with Crippen molar-refractivity contribution in [2.24, 2.45) is 0 Å². The summed E-state index contributed by atoms with van der Waals surface area (Å²) in [6, 6.07) is 3.16. The summed E-state index contributed by atoms with van der Waals surface area (Å²) in [5, 5.41) is 8.76. The van der Waals surface area contributed by atoms with Crippen LogP contribution >= 0.6 is 15.9 Å². The molecule has 0 radical (unpaired) electrons. The number of aliphatic carboxylic acids is 1. The van der Waals surface area contributed by atoms with E-state index in [-0.39, 0.29) is 17.9 Å². The lowest BCUT2D eigenvalue weighted by molar-refractivity contribution is -0.131. The molecule has 0 aliphatic heterocycles. The maximum atomic E-state index is 11.6. The molecule has 92 valence electrons. The zero-order valence-corrected chi connectivity index (χ0v) is 10.9. The van der Waals surface area contributed by atoms with Crippen LogP contribution in [0.2, 0.25) is 0 Å². The number of hydrogen-bond acceptors (Lipinski definition) is 4. The summed E-state index contributed by atoms with van der Waals surface area (Å²) < 4.78 is 10.6. The predicted molar refractivity (Wildman–Crippen MR) is 63.4 cm³/mol. The SMILES string of the molecule is COCc1cc(Br)cc(OC)c1C(=O)C(=O)O. The third kappa shape index (κ3) is 3.04. The topological polar surface area (TPSA) is 72.8 Å². The second-order valence-electron chi connectivity index (χ2n) is 3.21. The van der Waals surface area contributed by atoms with Gasteiger partial charge in [0.2, 0.25) is 0 Å². The first-order chi connectivity index (χ1) is 8.01. The number of carbonyl (C=O) groups is 2. The molecule has 0 amide bonds. The molecule has 0 fully saturated rings. The fraction of sp³-hybridized carbons (Fsp3) is 0.273. The number of rotatable bonds is 5. The van der Waals surface area contributed by atoms with Crippen LogP contribution in [-0.4, -0.2) is 31.1 Å². The molecular weight excluding hydrogens is 292 g/mol. The largest absolute Gasteiger partial charge is 0.496 e. The fourth-order valence-corrected chi connectivity index (χ4v) is 1.92. The number of carboxylic acid groups (broad SMARTS) is 1. The summed E-state index contributed by atoms with van der Waals surface area (Å²) in [6.45, 7) is 0.129. The quantitative estimate of drug-likeness (QED) is 0.664. The van der Waals surface area contributed by atoms with E-state index in [1.807, 2.05) is 0 Å². The molecule has 0 saturated carbocycles. The molecule has 0 spiro atoms. The molecule has 0 unspecified atom stereocenters. The Morgan fingerprint density at radius 1 is 1.35 bits per heavy atom. The van der Waals surface area contributed by atoms with Gasteiger partial charge in [0.05, 0.1) is 19.3 Å². The van der Waals surface area contributed by atoms with Crippen molar-refractivity contribution in [3.63, 3.8) is 0 Å². The summed E-state index contributed by atoms with van der Waals surface area (Å²) in [7, 11) is 2.83. The smallest absolute Gasteiger partial charge is 0.377 e. The number of benzene rings is 1. The van der Waals surface area contributed by atoms with Crippen molar-refractivity contribution >= 4 is 27.7 Å². The number of hydrogen-bond donors (Lipinski definition) is 1. The van der Waals surface area contributed by atoms with Crippen LogP contribution in [0.1, 0.15) is 15.9 Å². The van der Waals surface area contributed by atoms with Crippen LogP contribution in [0.25, 0.3) is 0 Å². The third-order valence-corrected chi connectivity index (χ3v) is 2.55. The second-order valence-corrected chi connectivity index (χ2v) is 4.13. The lowest BCUT2D eigenvalue weighted by Gasteiger charge is -2.11. The zero-order valence-electron chi connectivity index (χ0n) is 9.32. The van der Waals surface area contributed by atoms with Crippen LogP contribution in [0.15, 0.2) is 16.6 Å². The van der Waals surface area contributed by atoms with Gasteiger partial charge in [-0.25, -0.2) is 4.79 Å². The van der Waals surface area contributed by atoms with Crippen molar-refractivity contribution in [2.75, 3.05) is 14.2 Å². The predicted octanol–water partition coefficient (Wildman–Crippen LogP) is 1.87. The van der Waals surface area contributed by atoms with Gasteiger partial charge < -0.3 is 14.6 Å². The Kier molecular flexibility index (Phi) is 4.65. The number of carboxylic acids is 1. The minimum Gasteiger partial charge on any atom is -0.496 e. The van der Waals surface area contributed by atoms with Crippen LogP contribution in [-0.2, 0) is 16.1 Å². The molecule has 0 aliphatic rings. The molecule has 1 aromatic rings. The number of Topliss-reactive ketones (excluding diaryl/α,β-unsaturated/α-hetero) is 1. The summed E-state index contributed by atoms with van der Waals surface area (Å²) in [4.78, 5) is 22.3. The van der Waals surface area contributed by atoms with Gasteiger partial charge in [0.15, 0.2) is 0 Å². The molecule has 5 nitrogen and oxygen atoms in total. The normalized spacial score (nSPS) is 10.1. The molecule has 0 bridgehead atoms. The maximum Gasteiger partial charge on any atom is 0.377 e. The number of halogens is 1. The van der Waals surface area contributed by atoms with Gasteiger partial charge in [0.25, 0.3) is 5.78 Å². The monoisotopic (exact) mass is 302 g/mol. The van der Waals surface area contributed by atoms with Gasteiger partial charge in [0.1, 0.15) is 5.75 Å². The highest BCUT2D eigenvalue weighted by atomic mass is 79.9. The average molecular weight is 303 g/mol. The lowest BCUT2D eigenvalue weighted by Crippen LogP contribution is -2.16. The van der Waals surface area contributed by atoms with Gasteiger partial charge >= 0.3 is 5.97 Å². The fourth-order valence-electron chi connectivity index (χ4n) is 1.43. The van der Waals surface area contributed by atoms with Gasteiger partial charge in [-0.3, -0.25) is 4.79 Å². The van der Waals surface area contributed by atoms with Crippen molar-refractivity contribution < 1.29 is 24.2 Å². The van der Waals surface area contributed by atoms with Crippen molar-refractivity contribution in [1.29, 1.82) is 0 Å². The highest BCUT2D eigenvalue weighted by molar-refractivity contribution is 9.10.